The molecular formula is C20H28N2O4. The zero-order valence-corrected chi connectivity index (χ0v) is 16.6. The number of amides is 1. The van der Waals surface area contributed by atoms with Gasteiger partial charge in [0.25, 0.3) is 5.91 Å². The lowest BCUT2D eigenvalue weighted by atomic mass is 9.87. The fourth-order valence-corrected chi connectivity index (χ4v) is 3.06. The normalized spacial score (nSPS) is 18.0. The van der Waals surface area contributed by atoms with Crippen molar-refractivity contribution in [1.29, 1.82) is 0 Å². The van der Waals surface area contributed by atoms with Crippen molar-refractivity contribution in [3.05, 3.63) is 29.3 Å². The average Bonchev–Trinajstić information content (AvgIpc) is 3.07. The summed E-state index contributed by atoms with van der Waals surface area (Å²) in [5.41, 5.74) is 3.19. The Morgan fingerprint density at radius 1 is 1.27 bits per heavy atom. The third-order valence-electron chi connectivity index (χ3n) is 4.66. The largest absolute Gasteiger partial charge is 0.467 e. The summed E-state index contributed by atoms with van der Waals surface area (Å²) in [6.07, 6.45) is -0.326. The second-order valence-corrected chi connectivity index (χ2v) is 7.73. The van der Waals surface area contributed by atoms with Crippen LogP contribution in [-0.4, -0.2) is 36.8 Å². The van der Waals surface area contributed by atoms with Crippen LogP contribution in [0.2, 0.25) is 0 Å². The third-order valence-corrected chi connectivity index (χ3v) is 4.66. The summed E-state index contributed by atoms with van der Waals surface area (Å²) in [5, 5.41) is 4.11. The van der Waals surface area contributed by atoms with Gasteiger partial charge in [-0.25, -0.2) is 4.79 Å². The molecule has 6 nitrogen and oxygen atoms in total. The fourth-order valence-electron chi connectivity index (χ4n) is 3.06. The van der Waals surface area contributed by atoms with Crippen LogP contribution in [0.3, 0.4) is 0 Å². The molecule has 0 saturated heterocycles. The number of nitrogens with zero attached hydrogens (tertiary/aromatic N) is 2. The Labute approximate surface area is 155 Å². The highest BCUT2D eigenvalue weighted by Crippen LogP contribution is 2.31. The Balaban J connectivity index is 2.40. The Kier molecular flexibility index (Phi) is 5.74. The van der Waals surface area contributed by atoms with E-state index in [9.17, 15) is 9.59 Å². The first-order valence-corrected chi connectivity index (χ1v) is 8.78. The van der Waals surface area contributed by atoms with Crippen LogP contribution in [-0.2, 0) is 19.2 Å². The minimum absolute atomic E-state index is 0.174. The van der Waals surface area contributed by atoms with Gasteiger partial charge in [-0.3, -0.25) is 9.69 Å². The van der Waals surface area contributed by atoms with Crippen molar-refractivity contribution in [3.8, 4) is 0 Å². The molecule has 26 heavy (non-hydrogen) atoms. The summed E-state index contributed by atoms with van der Waals surface area (Å²) in [4.78, 5) is 32.4. The number of aryl methyl sites for hydroxylation is 2. The minimum atomic E-state index is -0.769. The van der Waals surface area contributed by atoms with Gasteiger partial charge in [0.15, 0.2) is 0 Å². The predicted octanol–water partition coefficient (Wildman–Crippen LogP) is 3.39. The van der Waals surface area contributed by atoms with Crippen LogP contribution >= 0.6 is 0 Å². The van der Waals surface area contributed by atoms with Crippen LogP contribution in [0.4, 0.5) is 5.69 Å². The SMILES string of the molecule is COC(=O)C(C)N(C(=O)C1CC(C(C)(C)C)=NO1)c1c(C)cccc1C. The van der Waals surface area contributed by atoms with Crippen molar-refractivity contribution in [1.82, 2.24) is 0 Å². The van der Waals surface area contributed by atoms with E-state index in [1.807, 2.05) is 52.8 Å². The predicted molar refractivity (Wildman–Crippen MR) is 101 cm³/mol. The van der Waals surface area contributed by atoms with Crippen LogP contribution < -0.4 is 4.90 Å². The van der Waals surface area contributed by atoms with Gasteiger partial charge in [-0.05, 0) is 31.9 Å². The fraction of sp³-hybridized carbons (Fsp3) is 0.550. The minimum Gasteiger partial charge on any atom is -0.467 e. The van der Waals surface area contributed by atoms with E-state index in [2.05, 4.69) is 5.16 Å². The molecule has 0 aliphatic carbocycles. The summed E-state index contributed by atoms with van der Waals surface area (Å²) < 4.78 is 4.88. The Morgan fingerprint density at radius 2 is 1.85 bits per heavy atom. The Bertz CT molecular complexity index is 714. The molecule has 0 aromatic heterocycles. The topological polar surface area (TPSA) is 68.2 Å². The lowest BCUT2D eigenvalue weighted by Gasteiger charge is -2.31. The first-order chi connectivity index (χ1) is 12.1. The lowest BCUT2D eigenvalue weighted by molar-refractivity contribution is -0.144. The zero-order valence-electron chi connectivity index (χ0n) is 16.6. The summed E-state index contributed by atoms with van der Waals surface area (Å²) in [7, 11) is 1.32. The van der Waals surface area contributed by atoms with Gasteiger partial charge >= 0.3 is 5.97 Å². The summed E-state index contributed by atoms with van der Waals surface area (Å²) in [5.74, 6) is -0.765. The van der Waals surface area contributed by atoms with Crippen molar-refractivity contribution >= 4 is 23.3 Å². The van der Waals surface area contributed by atoms with E-state index in [1.54, 1.807) is 6.92 Å². The number of methoxy groups -OCH3 is 1. The van der Waals surface area contributed by atoms with Gasteiger partial charge in [0.1, 0.15) is 6.04 Å². The molecule has 142 valence electrons. The van der Waals surface area contributed by atoms with E-state index in [1.165, 1.54) is 12.0 Å². The van der Waals surface area contributed by atoms with Crippen LogP contribution in [0, 0.1) is 19.3 Å². The van der Waals surface area contributed by atoms with Crippen LogP contribution in [0.1, 0.15) is 45.2 Å². The molecule has 0 saturated carbocycles. The van der Waals surface area contributed by atoms with Gasteiger partial charge in [-0.15, -0.1) is 0 Å². The van der Waals surface area contributed by atoms with E-state index >= 15 is 0 Å². The molecule has 1 aliphatic rings. The Morgan fingerprint density at radius 3 is 2.31 bits per heavy atom. The van der Waals surface area contributed by atoms with Crippen molar-refractivity contribution in [2.45, 2.75) is 60.1 Å². The first kappa shape index (κ1) is 19.9. The summed E-state index contributed by atoms with van der Waals surface area (Å²) in [6, 6.07) is 4.99. The van der Waals surface area contributed by atoms with Crippen molar-refractivity contribution in [3.63, 3.8) is 0 Å². The molecule has 0 bridgehead atoms. The van der Waals surface area contributed by atoms with Crippen molar-refractivity contribution < 1.29 is 19.2 Å². The molecule has 0 fully saturated rings. The Hall–Kier alpha value is -2.37. The zero-order chi connectivity index (χ0) is 19.6. The van der Waals surface area contributed by atoms with Crippen LogP contribution in [0.15, 0.2) is 23.4 Å². The summed E-state index contributed by atoms with van der Waals surface area (Å²) in [6.45, 7) is 11.6. The second kappa shape index (κ2) is 7.48. The lowest BCUT2D eigenvalue weighted by Crippen LogP contribution is -2.49. The second-order valence-electron chi connectivity index (χ2n) is 7.73. The van der Waals surface area contributed by atoms with Gasteiger partial charge in [0.05, 0.1) is 18.5 Å². The maximum absolute atomic E-state index is 13.3. The van der Waals surface area contributed by atoms with Gasteiger partial charge < -0.3 is 9.57 Å². The first-order valence-electron chi connectivity index (χ1n) is 8.78. The quantitative estimate of drug-likeness (QED) is 0.772. The maximum Gasteiger partial charge on any atom is 0.328 e. The van der Waals surface area contributed by atoms with E-state index in [4.69, 9.17) is 9.57 Å². The van der Waals surface area contributed by atoms with E-state index in [0.717, 1.165) is 16.8 Å². The molecule has 1 heterocycles. The van der Waals surface area contributed by atoms with Crippen molar-refractivity contribution in [2.24, 2.45) is 10.6 Å². The van der Waals surface area contributed by atoms with Gasteiger partial charge in [0.2, 0.25) is 6.10 Å². The monoisotopic (exact) mass is 360 g/mol. The van der Waals surface area contributed by atoms with Crippen molar-refractivity contribution in [2.75, 3.05) is 12.0 Å². The number of hydrogen-bond acceptors (Lipinski definition) is 5. The number of carbonyl (C=O) groups excluding carboxylic acids is 2. The molecule has 0 spiro atoms. The number of rotatable bonds is 4. The number of anilines is 1. The number of oxime groups is 1. The van der Waals surface area contributed by atoms with Crippen LogP contribution in [0.5, 0.6) is 0 Å². The molecule has 0 N–H and O–H groups in total. The molecule has 2 rings (SSSR count). The highest BCUT2D eigenvalue weighted by Gasteiger charge is 2.40. The number of esters is 1. The number of ether oxygens (including phenoxy) is 1. The molecule has 2 unspecified atom stereocenters. The van der Waals surface area contributed by atoms with E-state index < -0.39 is 18.1 Å². The molecule has 2 atom stereocenters. The maximum atomic E-state index is 13.3. The molecule has 1 aromatic carbocycles. The molecule has 1 amide bonds. The molecule has 1 aliphatic heterocycles. The van der Waals surface area contributed by atoms with E-state index in [-0.39, 0.29) is 11.3 Å². The van der Waals surface area contributed by atoms with Gasteiger partial charge in [-0.2, -0.15) is 0 Å². The number of benzene rings is 1. The standard InChI is InChI=1S/C20H28N2O4/c1-12-9-8-10-13(2)17(12)22(14(3)19(24)25-7)18(23)15-11-16(21-26-15)20(4,5)6/h8-10,14-15H,11H2,1-7H3. The average molecular weight is 360 g/mol. The molecule has 6 heteroatoms. The van der Waals surface area contributed by atoms with E-state index in [0.29, 0.717) is 12.1 Å². The third kappa shape index (κ3) is 3.89. The number of para-hydroxylation sites is 1. The van der Waals surface area contributed by atoms with Crippen LogP contribution in [0.25, 0.3) is 0 Å². The highest BCUT2D eigenvalue weighted by atomic mass is 16.6. The molecule has 0 radical (unpaired) electrons. The molecule has 1 aromatic rings. The molecular weight excluding hydrogens is 332 g/mol. The van der Waals surface area contributed by atoms with Gasteiger partial charge in [-0.1, -0.05) is 44.1 Å². The number of hydrogen-bond donors (Lipinski definition) is 0. The summed E-state index contributed by atoms with van der Waals surface area (Å²) >= 11 is 0. The van der Waals surface area contributed by atoms with Gasteiger partial charge in [0, 0.05) is 11.8 Å². The number of carbonyl (C=O) groups is 2. The smallest absolute Gasteiger partial charge is 0.328 e. The highest BCUT2D eigenvalue weighted by molar-refractivity contribution is 6.05.